The predicted molar refractivity (Wildman–Crippen MR) is 122 cm³/mol. The molecular weight excluding hydrogens is 372 g/mol. The smallest absolute Gasteiger partial charge is 0.251 e. The molecule has 5 rings (SSSR count). The summed E-state index contributed by atoms with van der Waals surface area (Å²) in [5.74, 6) is 0.465. The van der Waals surface area contributed by atoms with Crippen molar-refractivity contribution >= 4 is 33.5 Å². The molecule has 4 aromatic rings. The minimum atomic E-state index is -0.0470. The Labute approximate surface area is 175 Å². The van der Waals surface area contributed by atoms with Gasteiger partial charge in [-0.1, -0.05) is 12.1 Å². The predicted octanol–water partition coefficient (Wildman–Crippen LogP) is 4.60. The lowest BCUT2D eigenvalue weighted by Crippen LogP contribution is -2.22. The van der Waals surface area contributed by atoms with Crippen LogP contribution in [-0.2, 0) is 25.9 Å². The van der Waals surface area contributed by atoms with Crippen LogP contribution in [-0.4, -0.2) is 15.5 Å². The maximum Gasteiger partial charge on any atom is 0.251 e. The van der Waals surface area contributed by atoms with E-state index < -0.39 is 0 Å². The summed E-state index contributed by atoms with van der Waals surface area (Å²) in [5.41, 5.74) is 12.5. The van der Waals surface area contributed by atoms with E-state index in [1.165, 1.54) is 35.0 Å². The molecule has 0 saturated carbocycles. The van der Waals surface area contributed by atoms with E-state index in [-0.39, 0.29) is 5.91 Å². The third-order valence-electron chi connectivity index (χ3n) is 6.18. The molecule has 1 amide bonds. The molecule has 0 spiro atoms. The van der Waals surface area contributed by atoms with E-state index in [9.17, 15) is 4.79 Å². The summed E-state index contributed by atoms with van der Waals surface area (Å²) in [5, 5.41) is 5.39. The van der Waals surface area contributed by atoms with E-state index in [2.05, 4.69) is 33.9 Å². The number of hydrogen-bond donors (Lipinski definition) is 2. The number of carbonyl (C=O) groups excluding carboxylic acids is 1. The maximum atomic E-state index is 12.9. The van der Waals surface area contributed by atoms with Crippen molar-refractivity contribution in [1.82, 2.24) is 14.9 Å². The number of aryl methyl sites for hydroxylation is 2. The highest BCUT2D eigenvalue weighted by Gasteiger charge is 2.20. The van der Waals surface area contributed by atoms with Crippen LogP contribution in [0.5, 0.6) is 0 Å². The number of nitrogens with two attached hydrogens (primary N) is 1. The monoisotopic (exact) mass is 398 g/mol. The Hall–Kier alpha value is -3.34. The first-order chi connectivity index (χ1) is 14.6. The van der Waals surface area contributed by atoms with Gasteiger partial charge >= 0.3 is 0 Å². The minimum Gasteiger partial charge on any atom is -0.384 e. The molecule has 30 heavy (non-hydrogen) atoms. The number of fused-ring (bicyclic) bond motifs is 4. The van der Waals surface area contributed by atoms with Crippen LogP contribution in [0, 0.1) is 0 Å². The molecule has 2 heterocycles. The molecule has 0 radical (unpaired) electrons. The summed E-state index contributed by atoms with van der Waals surface area (Å²) in [6, 6.07) is 15.9. The van der Waals surface area contributed by atoms with Crippen LogP contribution in [0.3, 0.4) is 0 Å². The summed E-state index contributed by atoms with van der Waals surface area (Å²) in [7, 11) is 0. The van der Waals surface area contributed by atoms with Crippen molar-refractivity contribution in [3.05, 3.63) is 70.9 Å². The molecule has 5 nitrogen and oxygen atoms in total. The highest BCUT2D eigenvalue weighted by Crippen LogP contribution is 2.32. The highest BCUT2D eigenvalue weighted by molar-refractivity contribution is 5.99. The van der Waals surface area contributed by atoms with Crippen LogP contribution >= 0.6 is 0 Å². The summed E-state index contributed by atoms with van der Waals surface area (Å²) in [4.78, 5) is 17.2. The molecule has 152 valence electrons. The number of carbonyl (C=O) groups is 1. The largest absolute Gasteiger partial charge is 0.384 e. The Kier molecular flexibility index (Phi) is 4.66. The standard InChI is InChI=1S/C25H26N4O/c1-2-29-22-6-4-3-5-19(22)20-10-8-18(14-23(20)29)25(30)27-15-16-7-11-21-17(13-16)9-12-24(26)28-21/h7-14H,2-6,15H2,1H3,(H2,26,28)(H,27,30). The lowest BCUT2D eigenvalue weighted by atomic mass is 9.95. The molecule has 5 heteroatoms. The van der Waals surface area contributed by atoms with Gasteiger partial charge in [-0.2, -0.15) is 0 Å². The third-order valence-corrected chi connectivity index (χ3v) is 6.18. The summed E-state index contributed by atoms with van der Waals surface area (Å²) in [6.45, 7) is 3.60. The Bertz CT molecular complexity index is 1270. The van der Waals surface area contributed by atoms with Gasteiger partial charge in [-0.15, -0.1) is 0 Å². The van der Waals surface area contributed by atoms with Gasteiger partial charge in [-0.3, -0.25) is 4.79 Å². The number of pyridine rings is 1. The van der Waals surface area contributed by atoms with Gasteiger partial charge < -0.3 is 15.6 Å². The Morgan fingerprint density at radius 1 is 1.10 bits per heavy atom. The van der Waals surface area contributed by atoms with Crippen LogP contribution in [0.1, 0.15) is 46.9 Å². The van der Waals surface area contributed by atoms with Gasteiger partial charge in [0, 0.05) is 40.6 Å². The minimum absolute atomic E-state index is 0.0470. The second-order valence-electron chi connectivity index (χ2n) is 8.05. The lowest BCUT2D eigenvalue weighted by Gasteiger charge is -2.14. The quantitative estimate of drug-likeness (QED) is 0.528. The zero-order valence-electron chi connectivity index (χ0n) is 17.2. The molecule has 2 aromatic carbocycles. The number of rotatable bonds is 4. The Morgan fingerprint density at radius 2 is 1.97 bits per heavy atom. The van der Waals surface area contributed by atoms with E-state index in [0.717, 1.165) is 35.9 Å². The van der Waals surface area contributed by atoms with Gasteiger partial charge in [0.2, 0.25) is 0 Å². The van der Waals surface area contributed by atoms with Gasteiger partial charge in [0.25, 0.3) is 5.91 Å². The molecule has 3 N–H and O–H groups in total. The molecule has 0 fully saturated rings. The zero-order chi connectivity index (χ0) is 20.7. The number of hydrogen-bond acceptors (Lipinski definition) is 3. The molecule has 1 aliphatic rings. The molecule has 0 unspecified atom stereocenters. The first-order valence-corrected chi connectivity index (χ1v) is 10.7. The number of benzene rings is 2. The highest BCUT2D eigenvalue weighted by atomic mass is 16.1. The number of anilines is 1. The van der Waals surface area contributed by atoms with E-state index in [4.69, 9.17) is 5.73 Å². The van der Waals surface area contributed by atoms with Crippen LogP contribution < -0.4 is 11.1 Å². The summed E-state index contributed by atoms with van der Waals surface area (Å²) >= 11 is 0. The zero-order valence-corrected chi connectivity index (χ0v) is 17.2. The fourth-order valence-electron chi connectivity index (χ4n) is 4.72. The first-order valence-electron chi connectivity index (χ1n) is 10.7. The summed E-state index contributed by atoms with van der Waals surface area (Å²) in [6.07, 6.45) is 4.80. The molecule has 0 saturated heterocycles. The third kappa shape index (κ3) is 3.20. The van der Waals surface area contributed by atoms with E-state index in [1.54, 1.807) is 6.07 Å². The van der Waals surface area contributed by atoms with Crippen molar-refractivity contribution < 1.29 is 4.79 Å². The van der Waals surface area contributed by atoms with E-state index in [0.29, 0.717) is 17.9 Å². The summed E-state index contributed by atoms with van der Waals surface area (Å²) < 4.78 is 2.39. The van der Waals surface area contributed by atoms with E-state index >= 15 is 0 Å². The van der Waals surface area contributed by atoms with Crippen LogP contribution in [0.25, 0.3) is 21.8 Å². The van der Waals surface area contributed by atoms with Crippen molar-refractivity contribution in [2.24, 2.45) is 0 Å². The number of nitrogens with one attached hydrogen (secondary N) is 1. The second-order valence-corrected chi connectivity index (χ2v) is 8.05. The fraction of sp³-hybridized carbons (Fsp3) is 0.280. The molecule has 0 bridgehead atoms. The first kappa shape index (κ1) is 18.7. The fourth-order valence-corrected chi connectivity index (χ4v) is 4.72. The molecule has 0 aliphatic heterocycles. The van der Waals surface area contributed by atoms with Crippen molar-refractivity contribution in [3.8, 4) is 0 Å². The second kappa shape index (κ2) is 7.48. The molecule has 0 atom stereocenters. The maximum absolute atomic E-state index is 12.9. The average molecular weight is 399 g/mol. The molecule has 2 aromatic heterocycles. The van der Waals surface area contributed by atoms with Crippen molar-refractivity contribution in [2.75, 3.05) is 5.73 Å². The number of aromatic nitrogens is 2. The van der Waals surface area contributed by atoms with Crippen LogP contribution in [0.2, 0.25) is 0 Å². The van der Waals surface area contributed by atoms with Crippen molar-refractivity contribution in [1.29, 1.82) is 0 Å². The normalized spacial score (nSPS) is 13.5. The van der Waals surface area contributed by atoms with Crippen LogP contribution in [0.15, 0.2) is 48.5 Å². The Balaban J connectivity index is 1.39. The van der Waals surface area contributed by atoms with Gasteiger partial charge in [-0.25, -0.2) is 4.98 Å². The SMILES string of the molecule is CCn1c2c(c3ccc(C(=O)NCc4ccc5nc(N)ccc5c4)cc31)CCCC2. The average Bonchev–Trinajstić information content (AvgIpc) is 3.10. The van der Waals surface area contributed by atoms with E-state index in [1.807, 2.05) is 30.3 Å². The van der Waals surface area contributed by atoms with Gasteiger partial charge in [-0.05, 0) is 80.1 Å². The van der Waals surface area contributed by atoms with Gasteiger partial charge in [0.15, 0.2) is 0 Å². The van der Waals surface area contributed by atoms with Crippen molar-refractivity contribution in [3.63, 3.8) is 0 Å². The lowest BCUT2D eigenvalue weighted by molar-refractivity contribution is 0.0951. The van der Waals surface area contributed by atoms with Crippen molar-refractivity contribution in [2.45, 2.75) is 45.7 Å². The molecule has 1 aliphatic carbocycles. The molecular formula is C25H26N4O. The topological polar surface area (TPSA) is 72.9 Å². The van der Waals surface area contributed by atoms with Crippen LogP contribution in [0.4, 0.5) is 5.82 Å². The number of nitrogen functional groups attached to an aromatic ring is 1. The van der Waals surface area contributed by atoms with Gasteiger partial charge in [0.1, 0.15) is 5.82 Å². The number of nitrogens with zero attached hydrogens (tertiary/aromatic N) is 2. The Morgan fingerprint density at radius 3 is 2.83 bits per heavy atom. The van der Waals surface area contributed by atoms with Gasteiger partial charge in [0.05, 0.1) is 5.52 Å². The number of amides is 1.